The van der Waals surface area contributed by atoms with E-state index < -0.39 is 10.8 Å². The van der Waals surface area contributed by atoms with Crippen LogP contribution in [0.3, 0.4) is 0 Å². The molecule has 0 unspecified atom stereocenters. The Morgan fingerprint density at radius 2 is 1.67 bits per heavy atom. The van der Waals surface area contributed by atoms with Gasteiger partial charge in [0.05, 0.1) is 12.0 Å². The largest absolute Gasteiger partial charge is 0.497 e. The van der Waals surface area contributed by atoms with E-state index >= 15 is 0 Å². The smallest absolute Gasteiger partial charge is 0.282 e. The SMILES string of the molecule is COc1ccc([N+](=O)[O-])c(C(=O)Nc2ccc(C(=O)NC(C)(C)C)cc2)c1. The molecule has 0 spiro atoms. The van der Waals surface area contributed by atoms with Crippen molar-refractivity contribution in [2.75, 3.05) is 12.4 Å². The van der Waals surface area contributed by atoms with Crippen molar-refractivity contribution in [3.8, 4) is 5.75 Å². The number of amides is 2. The molecule has 8 nitrogen and oxygen atoms in total. The number of nitrogens with one attached hydrogen (secondary N) is 2. The van der Waals surface area contributed by atoms with Gasteiger partial charge in [-0.15, -0.1) is 0 Å². The Kier molecular flexibility index (Phi) is 5.79. The predicted molar refractivity (Wildman–Crippen MR) is 101 cm³/mol. The van der Waals surface area contributed by atoms with E-state index in [0.29, 0.717) is 17.0 Å². The molecule has 0 aliphatic carbocycles. The van der Waals surface area contributed by atoms with Gasteiger partial charge in [-0.1, -0.05) is 0 Å². The lowest BCUT2D eigenvalue weighted by molar-refractivity contribution is -0.385. The molecule has 2 N–H and O–H groups in total. The van der Waals surface area contributed by atoms with Gasteiger partial charge in [0.1, 0.15) is 11.3 Å². The van der Waals surface area contributed by atoms with Gasteiger partial charge in [0.2, 0.25) is 0 Å². The van der Waals surface area contributed by atoms with E-state index in [-0.39, 0.29) is 22.7 Å². The van der Waals surface area contributed by atoms with Crippen LogP contribution in [0.15, 0.2) is 42.5 Å². The molecular weight excluding hydrogens is 350 g/mol. The second-order valence-corrected chi connectivity index (χ2v) is 6.88. The van der Waals surface area contributed by atoms with Crippen molar-refractivity contribution in [2.24, 2.45) is 0 Å². The summed E-state index contributed by atoms with van der Waals surface area (Å²) in [6.07, 6.45) is 0. The highest BCUT2D eigenvalue weighted by Gasteiger charge is 2.21. The lowest BCUT2D eigenvalue weighted by atomic mass is 10.1. The Bertz CT molecular complexity index is 870. The maximum atomic E-state index is 12.5. The van der Waals surface area contributed by atoms with E-state index in [1.54, 1.807) is 24.3 Å². The van der Waals surface area contributed by atoms with E-state index in [1.807, 2.05) is 20.8 Å². The number of hydrogen-bond acceptors (Lipinski definition) is 5. The molecule has 0 bridgehead atoms. The first kappa shape index (κ1) is 19.9. The number of carbonyl (C=O) groups is 2. The number of ether oxygens (including phenoxy) is 1. The van der Waals surface area contributed by atoms with Gasteiger partial charge in [0, 0.05) is 22.9 Å². The van der Waals surface area contributed by atoms with Crippen LogP contribution in [-0.4, -0.2) is 29.4 Å². The fourth-order valence-electron chi connectivity index (χ4n) is 2.30. The number of nitro benzene ring substituents is 1. The second-order valence-electron chi connectivity index (χ2n) is 6.88. The van der Waals surface area contributed by atoms with Crippen LogP contribution in [0.4, 0.5) is 11.4 Å². The van der Waals surface area contributed by atoms with Gasteiger partial charge < -0.3 is 15.4 Å². The molecule has 0 saturated heterocycles. The zero-order chi connectivity index (χ0) is 20.2. The van der Waals surface area contributed by atoms with Crippen LogP contribution in [0, 0.1) is 10.1 Å². The van der Waals surface area contributed by atoms with Crippen molar-refractivity contribution in [1.29, 1.82) is 0 Å². The molecule has 27 heavy (non-hydrogen) atoms. The number of nitrogens with zero attached hydrogens (tertiary/aromatic N) is 1. The number of nitro groups is 1. The summed E-state index contributed by atoms with van der Waals surface area (Å²) in [5.74, 6) is -0.545. The highest BCUT2D eigenvalue weighted by Crippen LogP contribution is 2.25. The molecule has 2 aromatic carbocycles. The molecule has 2 aromatic rings. The minimum atomic E-state index is -0.646. The topological polar surface area (TPSA) is 111 Å². The zero-order valence-electron chi connectivity index (χ0n) is 15.5. The first-order valence-corrected chi connectivity index (χ1v) is 8.17. The molecule has 0 fully saturated rings. The van der Waals surface area contributed by atoms with Crippen LogP contribution in [-0.2, 0) is 0 Å². The van der Waals surface area contributed by atoms with E-state index in [1.165, 1.54) is 25.3 Å². The summed E-state index contributed by atoms with van der Waals surface area (Å²) in [6, 6.07) is 10.2. The minimum Gasteiger partial charge on any atom is -0.497 e. The third kappa shape index (κ3) is 5.27. The monoisotopic (exact) mass is 371 g/mol. The van der Waals surface area contributed by atoms with Crippen molar-refractivity contribution >= 4 is 23.2 Å². The van der Waals surface area contributed by atoms with Gasteiger partial charge >= 0.3 is 0 Å². The zero-order valence-corrected chi connectivity index (χ0v) is 15.5. The van der Waals surface area contributed by atoms with Gasteiger partial charge in [-0.05, 0) is 57.2 Å². The molecule has 2 amide bonds. The Hall–Kier alpha value is -3.42. The van der Waals surface area contributed by atoms with Gasteiger partial charge in [0.25, 0.3) is 17.5 Å². The summed E-state index contributed by atoms with van der Waals surface area (Å²) in [5, 5.41) is 16.6. The third-order valence-corrected chi connectivity index (χ3v) is 3.54. The Morgan fingerprint density at radius 3 is 2.19 bits per heavy atom. The van der Waals surface area contributed by atoms with Gasteiger partial charge in [0.15, 0.2) is 0 Å². The molecular formula is C19H21N3O5. The van der Waals surface area contributed by atoms with Crippen LogP contribution in [0.5, 0.6) is 5.75 Å². The van der Waals surface area contributed by atoms with E-state index in [0.717, 1.165) is 0 Å². The van der Waals surface area contributed by atoms with Crippen LogP contribution in [0.1, 0.15) is 41.5 Å². The number of carbonyl (C=O) groups excluding carboxylic acids is 2. The fraction of sp³-hybridized carbons (Fsp3) is 0.263. The molecule has 142 valence electrons. The predicted octanol–water partition coefficient (Wildman–Crippen LogP) is 3.38. The molecule has 0 aliphatic rings. The third-order valence-electron chi connectivity index (χ3n) is 3.54. The molecule has 0 atom stereocenters. The molecule has 0 aromatic heterocycles. The highest BCUT2D eigenvalue weighted by atomic mass is 16.6. The lowest BCUT2D eigenvalue weighted by Gasteiger charge is -2.20. The average molecular weight is 371 g/mol. The lowest BCUT2D eigenvalue weighted by Crippen LogP contribution is -2.40. The Morgan fingerprint density at radius 1 is 1.04 bits per heavy atom. The molecule has 0 aliphatic heterocycles. The normalized spacial score (nSPS) is 10.8. The number of benzene rings is 2. The van der Waals surface area contributed by atoms with Crippen LogP contribution in [0.2, 0.25) is 0 Å². The summed E-state index contributed by atoms with van der Waals surface area (Å²) >= 11 is 0. The van der Waals surface area contributed by atoms with Crippen LogP contribution < -0.4 is 15.4 Å². The summed E-state index contributed by atoms with van der Waals surface area (Å²) in [4.78, 5) is 35.1. The molecule has 0 radical (unpaired) electrons. The fourth-order valence-corrected chi connectivity index (χ4v) is 2.30. The summed E-state index contributed by atoms with van der Waals surface area (Å²) in [5.41, 5.74) is 0.0398. The molecule has 2 rings (SSSR count). The van der Waals surface area contributed by atoms with Crippen LogP contribution >= 0.6 is 0 Å². The van der Waals surface area contributed by atoms with Crippen molar-refractivity contribution in [3.63, 3.8) is 0 Å². The summed E-state index contributed by atoms with van der Waals surface area (Å²) < 4.78 is 5.02. The van der Waals surface area contributed by atoms with E-state index in [9.17, 15) is 19.7 Å². The Balaban J connectivity index is 2.19. The molecule has 8 heteroatoms. The number of anilines is 1. The first-order valence-electron chi connectivity index (χ1n) is 8.17. The van der Waals surface area contributed by atoms with Crippen molar-refractivity contribution in [1.82, 2.24) is 5.32 Å². The summed E-state index contributed by atoms with van der Waals surface area (Å²) in [7, 11) is 1.41. The van der Waals surface area contributed by atoms with Crippen molar-refractivity contribution < 1.29 is 19.2 Å². The average Bonchev–Trinajstić information content (AvgIpc) is 2.60. The van der Waals surface area contributed by atoms with Crippen molar-refractivity contribution in [2.45, 2.75) is 26.3 Å². The van der Waals surface area contributed by atoms with Crippen molar-refractivity contribution in [3.05, 3.63) is 63.7 Å². The molecule has 0 saturated carbocycles. The van der Waals surface area contributed by atoms with Gasteiger partial charge in [-0.2, -0.15) is 0 Å². The number of methoxy groups -OCH3 is 1. The number of hydrogen-bond donors (Lipinski definition) is 2. The number of rotatable bonds is 5. The summed E-state index contributed by atoms with van der Waals surface area (Å²) in [6.45, 7) is 5.63. The maximum Gasteiger partial charge on any atom is 0.282 e. The first-order chi connectivity index (χ1) is 12.6. The van der Waals surface area contributed by atoms with Gasteiger partial charge in [-0.3, -0.25) is 19.7 Å². The van der Waals surface area contributed by atoms with Gasteiger partial charge in [-0.25, -0.2) is 0 Å². The maximum absolute atomic E-state index is 12.5. The quantitative estimate of drug-likeness (QED) is 0.618. The minimum absolute atomic E-state index is 0.117. The van der Waals surface area contributed by atoms with E-state index in [2.05, 4.69) is 10.6 Å². The van der Waals surface area contributed by atoms with Crippen LogP contribution in [0.25, 0.3) is 0 Å². The van der Waals surface area contributed by atoms with E-state index in [4.69, 9.17) is 4.74 Å². The highest BCUT2D eigenvalue weighted by molar-refractivity contribution is 6.07. The Labute approximate surface area is 156 Å². The standard InChI is InChI=1S/C19H21N3O5/c1-19(2,3)21-17(23)12-5-7-13(8-6-12)20-18(24)15-11-14(27-4)9-10-16(15)22(25)26/h5-11H,1-4H3,(H,20,24)(H,21,23). The second kappa shape index (κ2) is 7.86. The molecule has 0 heterocycles.